The summed E-state index contributed by atoms with van der Waals surface area (Å²) in [4.78, 5) is 24.7. The number of nitrogens with zero attached hydrogens (tertiary/aromatic N) is 2. The smallest absolute Gasteiger partial charge is 0.292 e. The van der Waals surface area contributed by atoms with Crippen LogP contribution < -0.4 is 5.32 Å². The molecule has 0 aliphatic heterocycles. The highest BCUT2D eigenvalue weighted by molar-refractivity contribution is 6.43. The highest BCUT2D eigenvalue weighted by Gasteiger charge is 2.29. The highest BCUT2D eigenvalue weighted by Crippen LogP contribution is 2.23. The molecule has 2 atom stereocenters. The Labute approximate surface area is 130 Å². The van der Waals surface area contributed by atoms with Crippen molar-refractivity contribution in [1.29, 1.82) is 0 Å². The van der Waals surface area contributed by atoms with Gasteiger partial charge in [0.25, 0.3) is 11.7 Å². The summed E-state index contributed by atoms with van der Waals surface area (Å²) in [7, 11) is 1.75. The monoisotopic (exact) mass is 307 g/mol. The Morgan fingerprint density at radius 3 is 2.55 bits per heavy atom. The second-order valence-corrected chi connectivity index (χ2v) is 6.16. The SMILES string of the molecule is Cc1nn(C)c(C)c1C(=O)C(=O)NC1CCCCCC1CO. The number of hydrogen-bond donors (Lipinski definition) is 2. The maximum absolute atomic E-state index is 12.4. The minimum atomic E-state index is -0.593. The fraction of sp³-hybridized carbons (Fsp3) is 0.688. The van der Waals surface area contributed by atoms with Gasteiger partial charge >= 0.3 is 0 Å². The van der Waals surface area contributed by atoms with Crippen LogP contribution in [0.3, 0.4) is 0 Å². The van der Waals surface area contributed by atoms with E-state index in [-0.39, 0.29) is 18.6 Å². The first kappa shape index (κ1) is 16.7. The van der Waals surface area contributed by atoms with Gasteiger partial charge in [0, 0.05) is 31.3 Å². The predicted octanol–water partition coefficient (Wildman–Crippen LogP) is 1.28. The van der Waals surface area contributed by atoms with Gasteiger partial charge in [-0.25, -0.2) is 0 Å². The van der Waals surface area contributed by atoms with Gasteiger partial charge in [-0.3, -0.25) is 14.3 Å². The Morgan fingerprint density at radius 1 is 1.27 bits per heavy atom. The number of carbonyl (C=O) groups excluding carboxylic acids is 2. The Bertz CT molecular complexity index is 565. The zero-order chi connectivity index (χ0) is 16.3. The van der Waals surface area contributed by atoms with Gasteiger partial charge in [0.2, 0.25) is 0 Å². The summed E-state index contributed by atoms with van der Waals surface area (Å²) in [6.07, 6.45) is 4.89. The van der Waals surface area contributed by atoms with Crippen LogP contribution in [0.5, 0.6) is 0 Å². The number of aryl methyl sites for hydroxylation is 2. The van der Waals surface area contributed by atoms with Gasteiger partial charge in [0.15, 0.2) is 0 Å². The summed E-state index contributed by atoms with van der Waals surface area (Å²) in [5.74, 6) is -1.09. The summed E-state index contributed by atoms with van der Waals surface area (Å²) in [6, 6.07) is -0.124. The minimum Gasteiger partial charge on any atom is -0.396 e. The van der Waals surface area contributed by atoms with Crippen molar-refractivity contribution in [3.8, 4) is 0 Å². The number of ketones is 1. The standard InChI is InChI=1S/C16H25N3O3/c1-10-14(11(2)19(3)18-10)15(21)16(22)17-13-8-6-4-5-7-12(13)9-20/h12-13,20H,4-9H2,1-3H3,(H,17,22). The quantitative estimate of drug-likeness (QED) is 0.498. The van der Waals surface area contributed by atoms with E-state index < -0.39 is 11.7 Å². The van der Waals surface area contributed by atoms with E-state index in [1.54, 1.807) is 25.6 Å². The molecule has 1 heterocycles. The van der Waals surface area contributed by atoms with Crippen LogP contribution in [0.25, 0.3) is 0 Å². The summed E-state index contributed by atoms with van der Waals surface area (Å²) < 4.78 is 1.61. The van der Waals surface area contributed by atoms with Gasteiger partial charge in [0.1, 0.15) is 0 Å². The number of hydrogen-bond acceptors (Lipinski definition) is 4. The lowest BCUT2D eigenvalue weighted by Gasteiger charge is -2.24. The van der Waals surface area contributed by atoms with Crippen molar-refractivity contribution in [3.05, 3.63) is 17.0 Å². The summed E-state index contributed by atoms with van der Waals surface area (Å²) in [5, 5.41) is 16.5. The lowest BCUT2D eigenvalue weighted by atomic mass is 9.95. The number of aromatic nitrogens is 2. The highest BCUT2D eigenvalue weighted by atomic mass is 16.3. The largest absolute Gasteiger partial charge is 0.396 e. The van der Waals surface area contributed by atoms with Crippen LogP contribution in [-0.2, 0) is 11.8 Å². The lowest BCUT2D eigenvalue weighted by Crippen LogP contribution is -2.44. The van der Waals surface area contributed by atoms with Crippen LogP contribution in [-0.4, -0.2) is 39.2 Å². The molecular formula is C16H25N3O3. The predicted molar refractivity (Wildman–Crippen MR) is 82.6 cm³/mol. The fourth-order valence-electron chi connectivity index (χ4n) is 3.24. The summed E-state index contributed by atoms with van der Waals surface area (Å²) in [5.41, 5.74) is 1.64. The third kappa shape index (κ3) is 3.38. The molecule has 1 aliphatic rings. The second-order valence-electron chi connectivity index (χ2n) is 6.16. The van der Waals surface area contributed by atoms with Crippen LogP contribution in [0.4, 0.5) is 0 Å². The van der Waals surface area contributed by atoms with E-state index in [1.165, 1.54) is 0 Å². The van der Waals surface area contributed by atoms with E-state index in [0.29, 0.717) is 17.0 Å². The third-order valence-electron chi connectivity index (χ3n) is 4.65. The number of carbonyl (C=O) groups is 2. The van der Waals surface area contributed by atoms with E-state index in [2.05, 4.69) is 10.4 Å². The average Bonchev–Trinajstić information content (AvgIpc) is 2.67. The van der Waals surface area contributed by atoms with Gasteiger partial charge < -0.3 is 10.4 Å². The number of nitrogens with one attached hydrogen (secondary N) is 1. The first-order valence-electron chi connectivity index (χ1n) is 7.92. The van der Waals surface area contributed by atoms with E-state index >= 15 is 0 Å². The lowest BCUT2D eigenvalue weighted by molar-refractivity contribution is -0.118. The molecule has 1 aromatic heterocycles. The van der Waals surface area contributed by atoms with Gasteiger partial charge in [0.05, 0.1) is 11.3 Å². The van der Waals surface area contributed by atoms with Crippen molar-refractivity contribution in [2.24, 2.45) is 13.0 Å². The van der Waals surface area contributed by atoms with Crippen molar-refractivity contribution >= 4 is 11.7 Å². The normalized spacial score (nSPS) is 22.2. The molecule has 1 amide bonds. The van der Waals surface area contributed by atoms with Crippen LogP contribution in [0.2, 0.25) is 0 Å². The molecule has 2 N–H and O–H groups in total. The van der Waals surface area contributed by atoms with E-state index in [4.69, 9.17) is 0 Å². The Kier molecular flexibility index (Phi) is 5.34. The molecule has 0 radical (unpaired) electrons. The van der Waals surface area contributed by atoms with Crippen LogP contribution in [0, 0.1) is 19.8 Å². The van der Waals surface area contributed by atoms with E-state index in [9.17, 15) is 14.7 Å². The minimum absolute atomic E-state index is 0.0374. The number of amides is 1. The van der Waals surface area contributed by atoms with Crippen LogP contribution in [0.15, 0.2) is 0 Å². The molecule has 0 saturated heterocycles. The maximum Gasteiger partial charge on any atom is 0.292 e. The Hall–Kier alpha value is -1.69. The molecule has 2 rings (SSSR count). The molecule has 1 aromatic rings. The topological polar surface area (TPSA) is 84.2 Å². The first-order chi connectivity index (χ1) is 10.5. The average molecular weight is 307 g/mol. The van der Waals surface area contributed by atoms with Gasteiger partial charge in [-0.05, 0) is 26.7 Å². The first-order valence-corrected chi connectivity index (χ1v) is 7.92. The molecule has 2 unspecified atom stereocenters. The Morgan fingerprint density at radius 2 is 1.95 bits per heavy atom. The van der Waals surface area contributed by atoms with Gasteiger partial charge in [-0.2, -0.15) is 5.10 Å². The molecular weight excluding hydrogens is 282 g/mol. The molecule has 0 bridgehead atoms. The number of aliphatic hydroxyl groups is 1. The molecule has 1 saturated carbocycles. The van der Waals surface area contributed by atoms with E-state index in [1.807, 2.05) is 0 Å². The third-order valence-corrected chi connectivity index (χ3v) is 4.65. The van der Waals surface area contributed by atoms with Gasteiger partial charge in [-0.1, -0.05) is 19.3 Å². The van der Waals surface area contributed by atoms with Crippen molar-refractivity contribution < 1.29 is 14.7 Å². The second kappa shape index (κ2) is 7.05. The molecule has 22 heavy (non-hydrogen) atoms. The zero-order valence-corrected chi connectivity index (χ0v) is 13.6. The van der Waals surface area contributed by atoms with Crippen molar-refractivity contribution in [3.63, 3.8) is 0 Å². The fourth-order valence-corrected chi connectivity index (χ4v) is 3.24. The summed E-state index contributed by atoms with van der Waals surface area (Å²) >= 11 is 0. The molecule has 0 spiro atoms. The summed E-state index contributed by atoms with van der Waals surface area (Å²) in [6.45, 7) is 3.56. The van der Waals surface area contributed by atoms with Crippen LogP contribution >= 0.6 is 0 Å². The molecule has 6 heteroatoms. The molecule has 1 fully saturated rings. The van der Waals surface area contributed by atoms with Crippen molar-refractivity contribution in [2.45, 2.75) is 52.0 Å². The number of rotatable bonds is 4. The van der Waals surface area contributed by atoms with E-state index in [0.717, 1.165) is 32.1 Å². The molecule has 1 aliphatic carbocycles. The molecule has 0 aromatic carbocycles. The molecule has 122 valence electrons. The number of aliphatic hydroxyl groups excluding tert-OH is 1. The zero-order valence-electron chi connectivity index (χ0n) is 13.6. The Balaban J connectivity index is 2.12. The van der Waals surface area contributed by atoms with Crippen molar-refractivity contribution in [2.75, 3.05) is 6.61 Å². The number of Topliss-reactive ketones (excluding diaryl/α,β-unsaturated/α-hetero) is 1. The van der Waals surface area contributed by atoms with Crippen molar-refractivity contribution in [1.82, 2.24) is 15.1 Å². The van der Waals surface area contributed by atoms with Gasteiger partial charge in [-0.15, -0.1) is 0 Å². The maximum atomic E-state index is 12.4. The van der Waals surface area contributed by atoms with Crippen LogP contribution in [0.1, 0.15) is 53.8 Å². The molecule has 6 nitrogen and oxygen atoms in total.